The number of aromatic nitrogens is 3. The number of hydrogen-bond donors (Lipinski definition) is 3. The summed E-state index contributed by atoms with van der Waals surface area (Å²) in [4.78, 5) is 25.1. The number of nitrogens with one attached hydrogen (secondary N) is 3. The fourth-order valence-corrected chi connectivity index (χ4v) is 2.81. The van der Waals surface area contributed by atoms with Crippen LogP contribution >= 0.6 is 0 Å². The number of benzene rings is 2. The van der Waals surface area contributed by atoms with E-state index in [4.69, 9.17) is 4.74 Å². The number of amides is 1. The van der Waals surface area contributed by atoms with Crippen LogP contribution in [-0.2, 0) is 0 Å². The van der Waals surface area contributed by atoms with Crippen molar-refractivity contribution in [1.82, 2.24) is 15.0 Å². The summed E-state index contributed by atoms with van der Waals surface area (Å²) < 4.78 is 5.16. The van der Waals surface area contributed by atoms with Crippen molar-refractivity contribution in [3.8, 4) is 5.75 Å². The summed E-state index contributed by atoms with van der Waals surface area (Å²) in [5.74, 6) is 2.37. The minimum Gasteiger partial charge on any atom is -0.497 e. The van der Waals surface area contributed by atoms with Crippen LogP contribution in [0.15, 0.2) is 85.3 Å². The Bertz CT molecular complexity index is 1170. The molecule has 4 rings (SSSR count). The Labute approximate surface area is 179 Å². The molecule has 8 heteroatoms. The van der Waals surface area contributed by atoms with E-state index in [9.17, 15) is 4.79 Å². The molecule has 0 radical (unpaired) electrons. The van der Waals surface area contributed by atoms with Gasteiger partial charge in [-0.1, -0.05) is 12.1 Å². The van der Waals surface area contributed by atoms with Gasteiger partial charge in [-0.15, -0.1) is 0 Å². The molecule has 0 bridgehead atoms. The number of pyridine rings is 1. The van der Waals surface area contributed by atoms with E-state index in [2.05, 4.69) is 30.9 Å². The summed E-state index contributed by atoms with van der Waals surface area (Å²) in [6.45, 7) is 0. The van der Waals surface area contributed by atoms with Crippen molar-refractivity contribution in [2.24, 2.45) is 0 Å². The van der Waals surface area contributed by atoms with Crippen molar-refractivity contribution in [2.75, 3.05) is 23.1 Å². The van der Waals surface area contributed by atoms with E-state index in [1.54, 1.807) is 43.6 Å². The third kappa shape index (κ3) is 5.33. The predicted molar refractivity (Wildman–Crippen MR) is 120 cm³/mol. The normalized spacial score (nSPS) is 10.2. The van der Waals surface area contributed by atoms with Gasteiger partial charge in [0, 0.05) is 29.2 Å². The Morgan fingerprint density at radius 2 is 1.55 bits per heavy atom. The number of anilines is 5. The number of carbonyl (C=O) groups is 1. The topological polar surface area (TPSA) is 101 Å². The highest BCUT2D eigenvalue weighted by atomic mass is 16.5. The van der Waals surface area contributed by atoms with Crippen LogP contribution in [0.2, 0.25) is 0 Å². The SMILES string of the molecule is COc1cccc(C(=O)Nc2ccc(Nc3cc(Nc4ccccn4)ncn3)cc2)c1. The van der Waals surface area contributed by atoms with Gasteiger partial charge in [-0.3, -0.25) is 4.79 Å². The Balaban J connectivity index is 1.39. The van der Waals surface area contributed by atoms with Crippen molar-refractivity contribution < 1.29 is 9.53 Å². The molecular formula is C23H20N6O2. The second kappa shape index (κ2) is 9.36. The van der Waals surface area contributed by atoms with E-state index in [-0.39, 0.29) is 5.91 Å². The molecular weight excluding hydrogens is 392 g/mol. The summed E-state index contributed by atoms with van der Waals surface area (Å²) in [7, 11) is 1.57. The van der Waals surface area contributed by atoms with Gasteiger partial charge in [0.15, 0.2) is 0 Å². The second-order valence-corrected chi connectivity index (χ2v) is 6.52. The first-order valence-corrected chi connectivity index (χ1v) is 9.52. The molecule has 0 aliphatic heterocycles. The molecule has 0 unspecified atom stereocenters. The molecule has 0 spiro atoms. The lowest BCUT2D eigenvalue weighted by Gasteiger charge is -2.10. The number of nitrogens with zero attached hydrogens (tertiary/aromatic N) is 3. The number of rotatable bonds is 7. The van der Waals surface area contributed by atoms with Crippen LogP contribution in [0.1, 0.15) is 10.4 Å². The summed E-state index contributed by atoms with van der Waals surface area (Å²) >= 11 is 0. The Morgan fingerprint density at radius 3 is 2.29 bits per heavy atom. The van der Waals surface area contributed by atoms with Crippen LogP contribution < -0.4 is 20.7 Å². The van der Waals surface area contributed by atoms with Crippen molar-refractivity contribution in [3.63, 3.8) is 0 Å². The van der Waals surface area contributed by atoms with E-state index in [0.717, 1.165) is 5.69 Å². The Hall–Kier alpha value is -4.46. The highest BCUT2D eigenvalue weighted by Crippen LogP contribution is 2.21. The van der Waals surface area contributed by atoms with Crippen molar-refractivity contribution in [2.45, 2.75) is 0 Å². The van der Waals surface area contributed by atoms with Crippen molar-refractivity contribution in [3.05, 3.63) is 90.9 Å². The van der Waals surface area contributed by atoms with Gasteiger partial charge < -0.3 is 20.7 Å². The molecule has 31 heavy (non-hydrogen) atoms. The van der Waals surface area contributed by atoms with E-state index in [0.29, 0.717) is 34.5 Å². The maximum Gasteiger partial charge on any atom is 0.255 e. The first kappa shape index (κ1) is 19.8. The van der Waals surface area contributed by atoms with Crippen LogP contribution in [-0.4, -0.2) is 28.0 Å². The lowest BCUT2D eigenvalue weighted by molar-refractivity contribution is 0.102. The lowest BCUT2D eigenvalue weighted by Crippen LogP contribution is -2.11. The quantitative estimate of drug-likeness (QED) is 0.407. The van der Waals surface area contributed by atoms with Crippen molar-refractivity contribution in [1.29, 1.82) is 0 Å². The Kier molecular flexibility index (Phi) is 5.99. The van der Waals surface area contributed by atoms with Gasteiger partial charge in [0.25, 0.3) is 5.91 Å². The molecule has 0 saturated carbocycles. The van der Waals surface area contributed by atoms with E-state index in [1.807, 2.05) is 42.5 Å². The Morgan fingerprint density at radius 1 is 0.774 bits per heavy atom. The predicted octanol–water partition coefficient (Wildman–Crippen LogP) is 4.62. The first-order chi connectivity index (χ1) is 15.2. The molecule has 0 fully saturated rings. The van der Waals surface area contributed by atoms with Gasteiger partial charge in [0.2, 0.25) is 0 Å². The number of ether oxygens (including phenoxy) is 1. The summed E-state index contributed by atoms with van der Waals surface area (Å²) in [5, 5.41) is 9.21. The molecule has 3 N–H and O–H groups in total. The lowest BCUT2D eigenvalue weighted by atomic mass is 10.2. The molecule has 2 heterocycles. The molecule has 1 amide bonds. The van der Waals surface area contributed by atoms with Gasteiger partial charge in [-0.2, -0.15) is 0 Å². The zero-order valence-electron chi connectivity index (χ0n) is 16.7. The molecule has 0 aliphatic rings. The average Bonchev–Trinajstić information content (AvgIpc) is 2.81. The highest BCUT2D eigenvalue weighted by molar-refractivity contribution is 6.04. The van der Waals surface area contributed by atoms with E-state index >= 15 is 0 Å². The van der Waals surface area contributed by atoms with E-state index < -0.39 is 0 Å². The first-order valence-electron chi connectivity index (χ1n) is 9.52. The molecule has 154 valence electrons. The van der Waals surface area contributed by atoms with Crippen LogP contribution in [0, 0.1) is 0 Å². The van der Waals surface area contributed by atoms with Gasteiger partial charge in [0.1, 0.15) is 29.5 Å². The van der Waals surface area contributed by atoms with Crippen molar-refractivity contribution >= 4 is 34.7 Å². The van der Waals surface area contributed by atoms with Gasteiger partial charge in [-0.05, 0) is 54.6 Å². The third-order valence-corrected chi connectivity index (χ3v) is 4.34. The maximum atomic E-state index is 12.4. The zero-order valence-corrected chi connectivity index (χ0v) is 16.7. The van der Waals surface area contributed by atoms with Crippen LogP contribution in [0.25, 0.3) is 0 Å². The molecule has 8 nitrogen and oxygen atoms in total. The molecule has 0 aliphatic carbocycles. The number of hydrogen-bond acceptors (Lipinski definition) is 7. The fraction of sp³-hybridized carbons (Fsp3) is 0.0435. The number of carbonyl (C=O) groups excluding carboxylic acids is 1. The van der Waals surface area contributed by atoms with Gasteiger partial charge in [0.05, 0.1) is 7.11 Å². The number of methoxy groups -OCH3 is 1. The molecule has 0 atom stereocenters. The summed E-state index contributed by atoms with van der Waals surface area (Å²) in [6.07, 6.45) is 3.17. The minimum absolute atomic E-state index is 0.208. The van der Waals surface area contributed by atoms with E-state index in [1.165, 1.54) is 6.33 Å². The summed E-state index contributed by atoms with van der Waals surface area (Å²) in [5.41, 5.74) is 2.02. The highest BCUT2D eigenvalue weighted by Gasteiger charge is 2.07. The zero-order chi connectivity index (χ0) is 21.5. The average molecular weight is 412 g/mol. The van der Waals surface area contributed by atoms with Gasteiger partial charge >= 0.3 is 0 Å². The second-order valence-electron chi connectivity index (χ2n) is 6.52. The summed E-state index contributed by atoms with van der Waals surface area (Å²) in [6, 6.07) is 21.7. The fourth-order valence-electron chi connectivity index (χ4n) is 2.81. The monoisotopic (exact) mass is 412 g/mol. The smallest absolute Gasteiger partial charge is 0.255 e. The maximum absolute atomic E-state index is 12.4. The van der Waals surface area contributed by atoms with Crippen LogP contribution in [0.3, 0.4) is 0 Å². The molecule has 2 aromatic carbocycles. The van der Waals surface area contributed by atoms with Gasteiger partial charge in [-0.25, -0.2) is 15.0 Å². The third-order valence-electron chi connectivity index (χ3n) is 4.34. The largest absolute Gasteiger partial charge is 0.497 e. The standard InChI is InChI=1S/C23H20N6O2/c1-31-19-6-4-5-16(13-19)23(30)28-18-10-8-17(9-11-18)27-21-14-22(26-15-25-21)29-20-7-2-3-12-24-20/h2-15H,1H3,(H,28,30)(H2,24,25,26,27,29). The minimum atomic E-state index is -0.208. The molecule has 2 aromatic heterocycles. The van der Waals surface area contributed by atoms with Crippen LogP contribution in [0.4, 0.5) is 28.8 Å². The molecule has 4 aromatic rings. The van der Waals surface area contributed by atoms with Crippen LogP contribution in [0.5, 0.6) is 5.75 Å². The molecule has 0 saturated heterocycles.